The molecule has 158 valence electrons. The number of para-hydroxylation sites is 1. The second-order valence-corrected chi connectivity index (χ2v) is 7.40. The number of primary amides is 1. The molecule has 1 aromatic heterocycles. The highest BCUT2D eigenvalue weighted by molar-refractivity contribution is 6.07. The summed E-state index contributed by atoms with van der Waals surface area (Å²) in [6, 6.07) is 18.5. The quantitative estimate of drug-likeness (QED) is 0.307. The van der Waals surface area contributed by atoms with Gasteiger partial charge in [-0.05, 0) is 29.0 Å². The van der Waals surface area contributed by atoms with E-state index in [-0.39, 0.29) is 11.4 Å². The predicted octanol–water partition coefficient (Wildman–Crippen LogP) is 1.68. The highest BCUT2D eigenvalue weighted by Gasteiger charge is 2.29. The zero-order valence-electron chi connectivity index (χ0n) is 16.6. The lowest BCUT2D eigenvalue weighted by Gasteiger charge is -2.30. The second-order valence-electron chi connectivity index (χ2n) is 7.40. The number of rotatable bonds is 7. The van der Waals surface area contributed by atoms with Crippen molar-refractivity contribution in [1.82, 2.24) is 9.97 Å². The number of aromatic nitrogens is 2. The Hall–Kier alpha value is -3.59. The number of aliphatic hydroxyl groups excluding tert-OH is 3. The molecule has 0 bridgehead atoms. The van der Waals surface area contributed by atoms with Crippen LogP contribution in [0.15, 0.2) is 60.7 Å². The van der Waals surface area contributed by atoms with Gasteiger partial charge in [0.15, 0.2) is 5.82 Å². The van der Waals surface area contributed by atoms with Crippen LogP contribution in [0, 0.1) is 0 Å². The maximum absolute atomic E-state index is 12.0. The molecule has 0 saturated carbocycles. The van der Waals surface area contributed by atoms with Crippen molar-refractivity contribution in [3.8, 4) is 11.4 Å². The topological polar surface area (TPSA) is 142 Å². The molecule has 0 fully saturated rings. The number of hydrogen-bond donors (Lipinski definition) is 5. The molecule has 0 spiro atoms. The molecule has 0 radical (unpaired) electrons. The van der Waals surface area contributed by atoms with Crippen molar-refractivity contribution in [2.24, 2.45) is 5.73 Å². The number of aliphatic hydroxyl groups is 3. The summed E-state index contributed by atoms with van der Waals surface area (Å²) in [5.74, 6) is -0.0527. The van der Waals surface area contributed by atoms with Gasteiger partial charge in [0, 0.05) is 10.9 Å². The fourth-order valence-corrected chi connectivity index (χ4v) is 3.42. The third kappa shape index (κ3) is 3.79. The molecule has 1 heterocycles. The summed E-state index contributed by atoms with van der Waals surface area (Å²) in [6.07, 6.45) is 0. The third-order valence-corrected chi connectivity index (χ3v) is 5.29. The fourth-order valence-electron chi connectivity index (χ4n) is 3.42. The number of nitrogens with one attached hydrogen (secondary N) is 1. The Labute approximate surface area is 178 Å². The summed E-state index contributed by atoms with van der Waals surface area (Å²) < 4.78 is 0. The van der Waals surface area contributed by atoms with Crippen molar-refractivity contribution >= 4 is 33.4 Å². The van der Waals surface area contributed by atoms with E-state index in [1.165, 1.54) is 0 Å². The molecule has 4 aromatic rings. The van der Waals surface area contributed by atoms with Gasteiger partial charge in [0.05, 0.1) is 30.9 Å². The van der Waals surface area contributed by atoms with E-state index in [0.717, 1.165) is 10.8 Å². The molecular formula is C23H22N4O4. The Balaban J connectivity index is 1.97. The lowest BCUT2D eigenvalue weighted by Crippen LogP contribution is -2.49. The van der Waals surface area contributed by atoms with Crippen LogP contribution in [0.4, 0.5) is 5.82 Å². The van der Waals surface area contributed by atoms with Gasteiger partial charge in [-0.15, -0.1) is 0 Å². The molecule has 6 N–H and O–H groups in total. The molecule has 0 aliphatic heterocycles. The summed E-state index contributed by atoms with van der Waals surface area (Å²) in [4.78, 5) is 21.2. The highest BCUT2D eigenvalue weighted by atomic mass is 16.3. The van der Waals surface area contributed by atoms with E-state index in [1.54, 1.807) is 18.2 Å². The van der Waals surface area contributed by atoms with E-state index in [0.29, 0.717) is 22.3 Å². The van der Waals surface area contributed by atoms with E-state index >= 15 is 0 Å². The molecule has 0 unspecified atom stereocenters. The van der Waals surface area contributed by atoms with Crippen LogP contribution in [0.5, 0.6) is 0 Å². The Bertz CT molecular complexity index is 1260. The maximum atomic E-state index is 12.0. The van der Waals surface area contributed by atoms with Crippen LogP contribution in [-0.2, 0) is 0 Å². The summed E-state index contributed by atoms with van der Waals surface area (Å²) in [7, 11) is 0. The average Bonchev–Trinajstić information content (AvgIpc) is 2.81. The molecular weight excluding hydrogens is 396 g/mol. The Morgan fingerprint density at radius 3 is 2.29 bits per heavy atom. The van der Waals surface area contributed by atoms with Crippen molar-refractivity contribution in [3.05, 3.63) is 66.2 Å². The SMILES string of the molecule is NC(=O)c1cccc2c(NC(CO)(CO)CO)nc(-c3ccc4ccccc4c3)nc12. The number of anilines is 1. The van der Waals surface area contributed by atoms with Gasteiger partial charge >= 0.3 is 0 Å². The Morgan fingerprint density at radius 2 is 1.61 bits per heavy atom. The fraction of sp³-hybridized carbons (Fsp3) is 0.174. The Morgan fingerprint density at radius 1 is 0.903 bits per heavy atom. The summed E-state index contributed by atoms with van der Waals surface area (Å²) in [6.45, 7) is -1.61. The molecule has 0 atom stereocenters. The molecule has 0 aliphatic carbocycles. The van der Waals surface area contributed by atoms with Crippen LogP contribution in [0.1, 0.15) is 10.4 Å². The van der Waals surface area contributed by atoms with Crippen LogP contribution < -0.4 is 11.1 Å². The lowest BCUT2D eigenvalue weighted by molar-refractivity contribution is 0.0832. The first-order chi connectivity index (χ1) is 15.0. The zero-order chi connectivity index (χ0) is 22.0. The standard InChI is InChI=1S/C23H22N4O4/c24-20(31)17-6-3-7-18-19(17)25-21(26-22(18)27-23(11-28,12-29)13-30)16-9-8-14-4-1-2-5-15(14)10-16/h1-10,28-30H,11-13H2,(H2,24,31)(H,25,26,27). The van der Waals surface area contributed by atoms with Crippen molar-refractivity contribution in [3.63, 3.8) is 0 Å². The molecule has 3 aromatic carbocycles. The minimum Gasteiger partial charge on any atom is -0.394 e. The largest absolute Gasteiger partial charge is 0.394 e. The first kappa shape index (κ1) is 20.7. The first-order valence-corrected chi connectivity index (χ1v) is 9.71. The first-order valence-electron chi connectivity index (χ1n) is 9.71. The monoisotopic (exact) mass is 418 g/mol. The van der Waals surface area contributed by atoms with Crippen LogP contribution in [0.2, 0.25) is 0 Å². The van der Waals surface area contributed by atoms with E-state index in [9.17, 15) is 20.1 Å². The van der Waals surface area contributed by atoms with E-state index < -0.39 is 31.3 Å². The number of nitrogens with two attached hydrogens (primary N) is 1. The molecule has 1 amide bonds. The predicted molar refractivity (Wildman–Crippen MR) is 119 cm³/mol. The third-order valence-electron chi connectivity index (χ3n) is 5.29. The van der Waals surface area contributed by atoms with Gasteiger partial charge < -0.3 is 26.4 Å². The van der Waals surface area contributed by atoms with Gasteiger partial charge in [0.1, 0.15) is 11.4 Å². The molecule has 31 heavy (non-hydrogen) atoms. The van der Waals surface area contributed by atoms with Gasteiger partial charge in [0.2, 0.25) is 0 Å². The lowest BCUT2D eigenvalue weighted by atomic mass is 10.0. The van der Waals surface area contributed by atoms with Crippen molar-refractivity contribution in [1.29, 1.82) is 0 Å². The molecule has 4 rings (SSSR count). The van der Waals surface area contributed by atoms with E-state index in [1.807, 2.05) is 42.5 Å². The number of hydrogen-bond acceptors (Lipinski definition) is 7. The van der Waals surface area contributed by atoms with E-state index in [2.05, 4.69) is 15.3 Å². The van der Waals surface area contributed by atoms with Gasteiger partial charge in [-0.1, -0.05) is 42.5 Å². The van der Waals surface area contributed by atoms with Gasteiger partial charge in [-0.25, -0.2) is 9.97 Å². The van der Waals surface area contributed by atoms with Crippen molar-refractivity contribution < 1.29 is 20.1 Å². The van der Waals surface area contributed by atoms with Crippen molar-refractivity contribution in [2.75, 3.05) is 25.1 Å². The van der Waals surface area contributed by atoms with Crippen molar-refractivity contribution in [2.45, 2.75) is 5.54 Å². The average molecular weight is 418 g/mol. The summed E-state index contributed by atoms with van der Waals surface area (Å²) in [5, 5.41) is 34.7. The van der Waals surface area contributed by atoms with Crippen LogP contribution in [0.25, 0.3) is 33.1 Å². The number of carbonyl (C=O) groups excluding carboxylic acids is 1. The summed E-state index contributed by atoms with van der Waals surface area (Å²) >= 11 is 0. The van der Waals surface area contributed by atoms with E-state index in [4.69, 9.17) is 5.73 Å². The smallest absolute Gasteiger partial charge is 0.250 e. The number of nitrogens with zero attached hydrogens (tertiary/aromatic N) is 2. The summed E-state index contributed by atoms with van der Waals surface area (Å²) in [5.41, 5.74) is 5.41. The van der Waals surface area contributed by atoms with Crippen LogP contribution >= 0.6 is 0 Å². The van der Waals surface area contributed by atoms with Crippen LogP contribution in [-0.4, -0.2) is 56.6 Å². The molecule has 8 heteroatoms. The minimum atomic E-state index is -1.41. The second kappa shape index (κ2) is 8.27. The number of benzene rings is 3. The van der Waals surface area contributed by atoms with Crippen LogP contribution in [0.3, 0.4) is 0 Å². The molecule has 0 aliphatic rings. The number of carbonyl (C=O) groups is 1. The molecule has 0 saturated heterocycles. The Kier molecular flexibility index (Phi) is 5.51. The number of fused-ring (bicyclic) bond motifs is 2. The van der Waals surface area contributed by atoms with Gasteiger partial charge in [-0.3, -0.25) is 4.79 Å². The number of amides is 1. The zero-order valence-corrected chi connectivity index (χ0v) is 16.6. The highest BCUT2D eigenvalue weighted by Crippen LogP contribution is 2.30. The minimum absolute atomic E-state index is 0.215. The molecule has 8 nitrogen and oxygen atoms in total. The van der Waals surface area contributed by atoms with Gasteiger partial charge in [0.25, 0.3) is 5.91 Å². The normalized spacial score (nSPS) is 11.7. The maximum Gasteiger partial charge on any atom is 0.250 e. The van der Waals surface area contributed by atoms with Gasteiger partial charge in [-0.2, -0.15) is 0 Å².